The van der Waals surface area contributed by atoms with Gasteiger partial charge in [-0.05, 0) is 36.4 Å². The third-order valence-corrected chi connectivity index (χ3v) is 5.11. The first-order valence-electron chi connectivity index (χ1n) is 8.20. The zero-order valence-electron chi connectivity index (χ0n) is 13.6. The topological polar surface area (TPSA) is 69.7 Å². The van der Waals surface area contributed by atoms with Crippen molar-refractivity contribution in [1.29, 1.82) is 0 Å². The first-order valence-corrected chi connectivity index (χ1v) is 9.35. The molecule has 1 aromatic heterocycles. The number of carbonyl (C=O) groups is 1. The normalized spacial score (nSPS) is 18.6. The highest BCUT2D eigenvalue weighted by molar-refractivity contribution is 7.99. The molecule has 7 heteroatoms. The molecule has 1 saturated heterocycles. The molecule has 1 amide bonds. The SMILES string of the molecule is O=C(Nc1ccc2c(c1)OCCO2)c1cccnc1O[C@H]1CCSC1. The minimum absolute atomic E-state index is 0.112. The van der Waals surface area contributed by atoms with E-state index in [-0.39, 0.29) is 12.0 Å². The van der Waals surface area contributed by atoms with Gasteiger partial charge in [0.2, 0.25) is 5.88 Å². The van der Waals surface area contributed by atoms with E-state index >= 15 is 0 Å². The number of fused-ring (bicyclic) bond motifs is 1. The molecule has 0 aliphatic carbocycles. The molecule has 3 heterocycles. The predicted molar refractivity (Wildman–Crippen MR) is 96.0 cm³/mol. The van der Waals surface area contributed by atoms with Crippen LogP contribution in [0, 0.1) is 0 Å². The first-order chi connectivity index (χ1) is 12.3. The number of thioether (sulfide) groups is 1. The third kappa shape index (κ3) is 3.66. The first kappa shape index (κ1) is 16.1. The summed E-state index contributed by atoms with van der Waals surface area (Å²) in [6.07, 6.45) is 2.73. The molecule has 0 unspecified atom stereocenters. The lowest BCUT2D eigenvalue weighted by Crippen LogP contribution is -2.20. The fourth-order valence-corrected chi connectivity index (χ4v) is 3.83. The molecular formula is C18H18N2O4S. The molecule has 0 bridgehead atoms. The van der Waals surface area contributed by atoms with Crippen molar-refractivity contribution in [1.82, 2.24) is 4.98 Å². The Morgan fingerprint density at radius 2 is 2.12 bits per heavy atom. The van der Waals surface area contributed by atoms with Crippen LogP contribution in [-0.4, -0.2) is 41.7 Å². The molecule has 1 atom stereocenters. The summed E-state index contributed by atoms with van der Waals surface area (Å²) in [5.41, 5.74) is 1.06. The maximum Gasteiger partial charge on any atom is 0.261 e. The Morgan fingerprint density at radius 1 is 1.24 bits per heavy atom. The largest absolute Gasteiger partial charge is 0.486 e. The van der Waals surface area contributed by atoms with E-state index in [0.29, 0.717) is 41.8 Å². The second-order valence-electron chi connectivity index (χ2n) is 5.77. The lowest BCUT2D eigenvalue weighted by molar-refractivity contribution is 0.101. The fourth-order valence-electron chi connectivity index (χ4n) is 2.74. The molecule has 6 nitrogen and oxygen atoms in total. The summed E-state index contributed by atoms with van der Waals surface area (Å²) < 4.78 is 17.0. The maximum atomic E-state index is 12.7. The van der Waals surface area contributed by atoms with Crippen LogP contribution in [0.1, 0.15) is 16.8 Å². The van der Waals surface area contributed by atoms with E-state index < -0.39 is 0 Å². The number of rotatable bonds is 4. The minimum Gasteiger partial charge on any atom is -0.486 e. The van der Waals surface area contributed by atoms with Crippen molar-refractivity contribution >= 4 is 23.4 Å². The van der Waals surface area contributed by atoms with Crippen molar-refractivity contribution in [2.75, 3.05) is 30.0 Å². The van der Waals surface area contributed by atoms with Gasteiger partial charge in [-0.25, -0.2) is 4.98 Å². The van der Waals surface area contributed by atoms with Crippen LogP contribution in [0.15, 0.2) is 36.5 Å². The molecule has 2 aliphatic heterocycles. The number of aromatic nitrogens is 1. The van der Waals surface area contributed by atoms with Crippen LogP contribution >= 0.6 is 11.8 Å². The van der Waals surface area contributed by atoms with Gasteiger partial charge >= 0.3 is 0 Å². The average Bonchev–Trinajstić information content (AvgIpc) is 3.15. The third-order valence-electron chi connectivity index (χ3n) is 3.98. The van der Waals surface area contributed by atoms with Crippen LogP contribution in [-0.2, 0) is 0 Å². The fraction of sp³-hybridized carbons (Fsp3) is 0.333. The summed E-state index contributed by atoms with van der Waals surface area (Å²) >= 11 is 1.85. The lowest BCUT2D eigenvalue weighted by atomic mass is 10.2. The second kappa shape index (κ2) is 7.23. The number of benzene rings is 1. The Hall–Kier alpha value is -2.41. The van der Waals surface area contributed by atoms with Gasteiger partial charge in [0.05, 0.1) is 0 Å². The van der Waals surface area contributed by atoms with E-state index in [0.717, 1.165) is 17.9 Å². The number of nitrogens with one attached hydrogen (secondary N) is 1. The smallest absolute Gasteiger partial charge is 0.261 e. The van der Waals surface area contributed by atoms with Crippen LogP contribution in [0.2, 0.25) is 0 Å². The van der Waals surface area contributed by atoms with Gasteiger partial charge in [0.15, 0.2) is 11.5 Å². The van der Waals surface area contributed by atoms with Crippen molar-refractivity contribution in [3.05, 3.63) is 42.1 Å². The number of anilines is 1. The van der Waals surface area contributed by atoms with Crippen LogP contribution in [0.25, 0.3) is 0 Å². The van der Waals surface area contributed by atoms with Crippen molar-refractivity contribution in [3.8, 4) is 17.4 Å². The second-order valence-corrected chi connectivity index (χ2v) is 6.92. The summed E-state index contributed by atoms with van der Waals surface area (Å²) in [6.45, 7) is 1.04. The molecule has 1 N–H and O–H groups in total. The van der Waals surface area contributed by atoms with Crippen molar-refractivity contribution in [2.24, 2.45) is 0 Å². The van der Waals surface area contributed by atoms with E-state index in [1.165, 1.54) is 0 Å². The summed E-state index contributed by atoms with van der Waals surface area (Å²) in [6, 6.07) is 8.79. The van der Waals surface area contributed by atoms with Gasteiger partial charge in [-0.2, -0.15) is 11.8 Å². The molecule has 1 aromatic carbocycles. The summed E-state index contributed by atoms with van der Waals surface area (Å²) in [5, 5.41) is 2.87. The van der Waals surface area contributed by atoms with Gasteiger partial charge in [-0.1, -0.05) is 0 Å². The van der Waals surface area contributed by atoms with Gasteiger partial charge in [-0.3, -0.25) is 4.79 Å². The summed E-state index contributed by atoms with van der Waals surface area (Å²) in [5.74, 6) is 3.45. The molecule has 1 fully saturated rings. The number of carbonyl (C=O) groups excluding carboxylic acids is 1. The Labute approximate surface area is 149 Å². The Bertz CT molecular complexity index is 777. The molecule has 0 spiro atoms. The summed E-state index contributed by atoms with van der Waals surface area (Å²) in [4.78, 5) is 16.9. The van der Waals surface area contributed by atoms with Gasteiger partial charge in [0.25, 0.3) is 5.91 Å². The highest BCUT2D eigenvalue weighted by atomic mass is 32.2. The van der Waals surface area contributed by atoms with Crippen LogP contribution in [0.4, 0.5) is 5.69 Å². The van der Waals surface area contributed by atoms with Crippen LogP contribution in [0.3, 0.4) is 0 Å². The van der Waals surface area contributed by atoms with E-state index in [9.17, 15) is 4.79 Å². The zero-order valence-corrected chi connectivity index (χ0v) is 14.4. The molecule has 0 radical (unpaired) electrons. The van der Waals surface area contributed by atoms with Crippen molar-refractivity contribution in [2.45, 2.75) is 12.5 Å². The Balaban J connectivity index is 1.51. The highest BCUT2D eigenvalue weighted by Crippen LogP contribution is 2.33. The van der Waals surface area contributed by atoms with E-state index in [1.54, 1.807) is 36.5 Å². The molecular weight excluding hydrogens is 340 g/mol. The number of hydrogen-bond acceptors (Lipinski definition) is 6. The molecule has 2 aromatic rings. The van der Waals surface area contributed by atoms with Crippen molar-refractivity contribution in [3.63, 3.8) is 0 Å². The highest BCUT2D eigenvalue weighted by Gasteiger charge is 2.22. The van der Waals surface area contributed by atoms with Crippen LogP contribution in [0.5, 0.6) is 17.4 Å². The number of hydrogen-bond donors (Lipinski definition) is 1. The number of pyridine rings is 1. The van der Waals surface area contributed by atoms with Gasteiger partial charge < -0.3 is 19.5 Å². The minimum atomic E-state index is -0.259. The summed E-state index contributed by atoms with van der Waals surface area (Å²) in [7, 11) is 0. The van der Waals surface area contributed by atoms with E-state index in [4.69, 9.17) is 14.2 Å². The number of ether oxygens (including phenoxy) is 3. The number of amides is 1. The van der Waals surface area contributed by atoms with Gasteiger partial charge in [0.1, 0.15) is 24.9 Å². The standard InChI is InChI=1S/C18H18N2O4S/c21-17(20-12-3-4-15-16(10-12)23-8-7-22-15)14-2-1-6-19-18(14)24-13-5-9-25-11-13/h1-4,6,10,13H,5,7-9,11H2,(H,20,21)/t13-/m0/s1. The van der Waals surface area contributed by atoms with Crippen LogP contribution < -0.4 is 19.5 Å². The Kier molecular flexibility index (Phi) is 4.65. The Morgan fingerprint density at radius 3 is 2.96 bits per heavy atom. The monoisotopic (exact) mass is 358 g/mol. The lowest BCUT2D eigenvalue weighted by Gasteiger charge is -2.19. The number of nitrogens with zero attached hydrogens (tertiary/aromatic N) is 1. The molecule has 25 heavy (non-hydrogen) atoms. The van der Waals surface area contributed by atoms with Gasteiger partial charge in [0, 0.05) is 23.7 Å². The molecule has 2 aliphatic rings. The predicted octanol–water partition coefficient (Wildman–Crippen LogP) is 2.99. The van der Waals surface area contributed by atoms with Gasteiger partial charge in [-0.15, -0.1) is 0 Å². The van der Waals surface area contributed by atoms with Crippen molar-refractivity contribution < 1.29 is 19.0 Å². The quantitative estimate of drug-likeness (QED) is 0.906. The maximum absolute atomic E-state index is 12.7. The molecule has 130 valence electrons. The van der Waals surface area contributed by atoms with E-state index in [1.807, 2.05) is 11.8 Å². The average molecular weight is 358 g/mol. The molecule has 0 saturated carbocycles. The molecule has 4 rings (SSSR count). The zero-order chi connectivity index (χ0) is 17.1. The van der Waals surface area contributed by atoms with E-state index in [2.05, 4.69) is 10.3 Å².